The van der Waals surface area contributed by atoms with E-state index in [4.69, 9.17) is 0 Å². The fraction of sp³-hybridized carbons (Fsp3) is 0.538. The van der Waals surface area contributed by atoms with E-state index in [2.05, 4.69) is 34.4 Å². The van der Waals surface area contributed by atoms with Gasteiger partial charge in [0.1, 0.15) is 0 Å². The van der Waals surface area contributed by atoms with Gasteiger partial charge < -0.3 is 15.5 Å². The van der Waals surface area contributed by atoms with E-state index >= 15 is 0 Å². The van der Waals surface area contributed by atoms with Gasteiger partial charge in [0.15, 0.2) is 0 Å². The second-order valence-corrected chi connectivity index (χ2v) is 3.95. The molecule has 0 aromatic carbocycles. The van der Waals surface area contributed by atoms with Crippen molar-refractivity contribution >= 4 is 11.6 Å². The number of carbonyl (C=O) groups is 1. The van der Waals surface area contributed by atoms with Gasteiger partial charge in [0.2, 0.25) is 0 Å². The zero-order chi connectivity index (χ0) is 13.4. The van der Waals surface area contributed by atoms with Crippen molar-refractivity contribution in [2.75, 3.05) is 38.5 Å². The van der Waals surface area contributed by atoms with Crippen LogP contribution in [0.3, 0.4) is 0 Å². The molecule has 0 radical (unpaired) electrons. The van der Waals surface area contributed by atoms with Gasteiger partial charge in [0.05, 0.1) is 17.4 Å². The lowest BCUT2D eigenvalue weighted by Gasteiger charge is -2.18. The van der Waals surface area contributed by atoms with Gasteiger partial charge >= 0.3 is 0 Å². The molecule has 5 nitrogen and oxygen atoms in total. The van der Waals surface area contributed by atoms with E-state index in [1.54, 1.807) is 25.5 Å². The number of rotatable bonds is 7. The molecule has 0 saturated heterocycles. The van der Waals surface area contributed by atoms with Crippen molar-refractivity contribution in [1.82, 2.24) is 15.2 Å². The van der Waals surface area contributed by atoms with E-state index < -0.39 is 0 Å². The summed E-state index contributed by atoms with van der Waals surface area (Å²) in [5, 5.41) is 5.89. The van der Waals surface area contributed by atoms with Crippen molar-refractivity contribution < 1.29 is 4.79 Å². The molecule has 0 aliphatic carbocycles. The van der Waals surface area contributed by atoms with Gasteiger partial charge in [-0.15, -0.1) is 0 Å². The van der Waals surface area contributed by atoms with E-state index in [-0.39, 0.29) is 5.91 Å². The molecule has 1 rings (SSSR count). The van der Waals surface area contributed by atoms with Gasteiger partial charge in [0.25, 0.3) is 5.91 Å². The SMILES string of the molecule is CCN(CC)CCNC(=O)c1ccncc1NC. The molecule has 0 atom stereocenters. The highest BCUT2D eigenvalue weighted by atomic mass is 16.1. The number of nitrogens with one attached hydrogen (secondary N) is 2. The molecule has 1 heterocycles. The van der Waals surface area contributed by atoms with Crippen LogP contribution in [-0.2, 0) is 0 Å². The fourth-order valence-electron chi connectivity index (χ4n) is 1.75. The summed E-state index contributed by atoms with van der Waals surface area (Å²) < 4.78 is 0. The Morgan fingerprint density at radius 1 is 1.39 bits per heavy atom. The number of carbonyl (C=O) groups excluding carboxylic acids is 1. The highest BCUT2D eigenvalue weighted by Gasteiger charge is 2.10. The average Bonchev–Trinajstić information content (AvgIpc) is 2.43. The lowest BCUT2D eigenvalue weighted by Crippen LogP contribution is -2.35. The lowest BCUT2D eigenvalue weighted by molar-refractivity contribution is 0.0949. The van der Waals surface area contributed by atoms with E-state index in [0.29, 0.717) is 12.1 Å². The molecular formula is C13H22N4O. The van der Waals surface area contributed by atoms with E-state index in [1.807, 2.05) is 0 Å². The average molecular weight is 250 g/mol. The largest absolute Gasteiger partial charge is 0.386 e. The van der Waals surface area contributed by atoms with Crippen LogP contribution in [-0.4, -0.2) is 49.0 Å². The van der Waals surface area contributed by atoms with Crippen LogP contribution in [0.15, 0.2) is 18.5 Å². The number of hydrogen-bond donors (Lipinski definition) is 2. The third-order valence-corrected chi connectivity index (χ3v) is 2.94. The number of amides is 1. The summed E-state index contributed by atoms with van der Waals surface area (Å²) in [6.45, 7) is 7.78. The first-order chi connectivity index (χ1) is 8.72. The second-order valence-electron chi connectivity index (χ2n) is 3.95. The minimum Gasteiger partial charge on any atom is -0.386 e. The first kappa shape index (κ1) is 14.4. The highest BCUT2D eigenvalue weighted by molar-refractivity contribution is 5.99. The summed E-state index contributed by atoms with van der Waals surface area (Å²) in [5.74, 6) is -0.0612. The summed E-state index contributed by atoms with van der Waals surface area (Å²) in [5.41, 5.74) is 1.38. The predicted octanol–water partition coefficient (Wildman–Crippen LogP) is 1.19. The van der Waals surface area contributed by atoms with Crippen LogP contribution in [0.4, 0.5) is 5.69 Å². The van der Waals surface area contributed by atoms with Crippen molar-refractivity contribution in [3.05, 3.63) is 24.0 Å². The van der Waals surface area contributed by atoms with Crippen molar-refractivity contribution in [1.29, 1.82) is 0 Å². The van der Waals surface area contributed by atoms with Gasteiger partial charge in [-0.1, -0.05) is 13.8 Å². The van der Waals surface area contributed by atoms with Gasteiger partial charge in [-0.3, -0.25) is 9.78 Å². The first-order valence-corrected chi connectivity index (χ1v) is 6.35. The molecule has 0 aliphatic rings. The summed E-state index contributed by atoms with van der Waals surface area (Å²) in [6.07, 6.45) is 3.28. The molecule has 0 saturated carbocycles. The van der Waals surface area contributed by atoms with Crippen LogP contribution in [0, 0.1) is 0 Å². The highest BCUT2D eigenvalue weighted by Crippen LogP contribution is 2.11. The maximum Gasteiger partial charge on any atom is 0.253 e. The van der Waals surface area contributed by atoms with Gasteiger partial charge in [-0.25, -0.2) is 0 Å². The smallest absolute Gasteiger partial charge is 0.253 e. The number of likely N-dealkylation sites (N-methyl/N-ethyl adjacent to an activating group) is 1. The second kappa shape index (κ2) is 7.66. The van der Waals surface area contributed by atoms with E-state index in [9.17, 15) is 4.79 Å². The Morgan fingerprint density at radius 2 is 2.11 bits per heavy atom. The number of anilines is 1. The zero-order valence-electron chi connectivity index (χ0n) is 11.4. The Labute approximate surface area is 109 Å². The van der Waals surface area contributed by atoms with Crippen LogP contribution in [0.25, 0.3) is 0 Å². The maximum atomic E-state index is 12.0. The standard InChI is InChI=1S/C13H22N4O/c1-4-17(5-2)9-8-16-13(18)11-6-7-15-10-12(11)14-3/h6-7,10,14H,4-5,8-9H2,1-3H3,(H,16,18). The molecule has 0 aliphatic heterocycles. The molecule has 1 aromatic heterocycles. The summed E-state index contributed by atoms with van der Waals surface area (Å²) in [6, 6.07) is 1.72. The van der Waals surface area contributed by atoms with Crippen LogP contribution in [0.1, 0.15) is 24.2 Å². The van der Waals surface area contributed by atoms with Crippen molar-refractivity contribution in [3.8, 4) is 0 Å². The Hall–Kier alpha value is -1.62. The molecule has 0 unspecified atom stereocenters. The predicted molar refractivity (Wildman–Crippen MR) is 73.9 cm³/mol. The molecule has 1 aromatic rings. The number of aromatic nitrogens is 1. The molecule has 5 heteroatoms. The molecular weight excluding hydrogens is 228 g/mol. The molecule has 0 fully saturated rings. The van der Waals surface area contributed by atoms with Gasteiger partial charge in [-0.2, -0.15) is 0 Å². The van der Waals surface area contributed by atoms with Crippen molar-refractivity contribution in [2.45, 2.75) is 13.8 Å². The van der Waals surface area contributed by atoms with Crippen LogP contribution in [0.5, 0.6) is 0 Å². The minimum absolute atomic E-state index is 0.0612. The summed E-state index contributed by atoms with van der Waals surface area (Å²) in [7, 11) is 1.78. The minimum atomic E-state index is -0.0612. The Bertz CT molecular complexity index is 377. The van der Waals surface area contributed by atoms with Crippen molar-refractivity contribution in [2.24, 2.45) is 0 Å². The number of hydrogen-bond acceptors (Lipinski definition) is 4. The third-order valence-electron chi connectivity index (χ3n) is 2.94. The number of nitrogens with zero attached hydrogens (tertiary/aromatic N) is 2. The van der Waals surface area contributed by atoms with Crippen molar-refractivity contribution in [3.63, 3.8) is 0 Å². The summed E-state index contributed by atoms with van der Waals surface area (Å²) in [4.78, 5) is 18.2. The molecule has 1 amide bonds. The zero-order valence-corrected chi connectivity index (χ0v) is 11.4. The summed E-state index contributed by atoms with van der Waals surface area (Å²) >= 11 is 0. The van der Waals surface area contributed by atoms with Gasteiger partial charge in [0, 0.05) is 26.3 Å². The molecule has 100 valence electrons. The topological polar surface area (TPSA) is 57.3 Å². The molecule has 18 heavy (non-hydrogen) atoms. The first-order valence-electron chi connectivity index (χ1n) is 6.35. The van der Waals surface area contributed by atoms with Crippen LogP contribution >= 0.6 is 0 Å². The maximum absolute atomic E-state index is 12.0. The Morgan fingerprint density at radius 3 is 2.72 bits per heavy atom. The van der Waals surface area contributed by atoms with Crippen LogP contribution in [0.2, 0.25) is 0 Å². The van der Waals surface area contributed by atoms with Gasteiger partial charge in [-0.05, 0) is 19.2 Å². The molecule has 0 bridgehead atoms. The van der Waals surface area contributed by atoms with E-state index in [0.717, 1.165) is 25.3 Å². The number of pyridine rings is 1. The Balaban J connectivity index is 2.50. The Kier molecular flexibility index (Phi) is 6.14. The quantitative estimate of drug-likeness (QED) is 0.763. The molecule has 0 spiro atoms. The monoisotopic (exact) mass is 250 g/mol. The molecule has 2 N–H and O–H groups in total. The van der Waals surface area contributed by atoms with E-state index in [1.165, 1.54) is 0 Å². The normalized spacial score (nSPS) is 10.4. The third kappa shape index (κ3) is 4.00. The fourth-order valence-corrected chi connectivity index (χ4v) is 1.75. The lowest BCUT2D eigenvalue weighted by atomic mass is 10.2. The van der Waals surface area contributed by atoms with Crippen LogP contribution < -0.4 is 10.6 Å².